The van der Waals surface area contributed by atoms with Gasteiger partial charge in [0.1, 0.15) is 12.2 Å². The zero-order valence-electron chi connectivity index (χ0n) is 9.38. The molecule has 85 valence electrons. The Balaban J connectivity index is 2.47. The average Bonchev–Trinajstić information content (AvgIpc) is 2.68. The average molecular weight is 227 g/mol. The molecule has 0 amide bonds. The van der Waals surface area contributed by atoms with Crippen LogP contribution in [0.2, 0.25) is 0 Å². The molecule has 1 radical (unpaired) electrons. The van der Waals surface area contributed by atoms with Crippen LogP contribution >= 0.6 is 0 Å². The fourth-order valence-electron chi connectivity index (χ4n) is 1.71. The number of allylic oxidation sites excluding steroid dienone is 2. The van der Waals surface area contributed by atoms with Crippen LogP contribution in [0.15, 0.2) is 36.4 Å². The summed E-state index contributed by atoms with van der Waals surface area (Å²) < 4.78 is 1.53. The Morgan fingerprint density at radius 3 is 2.94 bits per heavy atom. The number of nitrogens with zero attached hydrogens (tertiary/aromatic N) is 2. The van der Waals surface area contributed by atoms with E-state index >= 15 is 0 Å². The Hall–Kier alpha value is -2.23. The van der Waals surface area contributed by atoms with Gasteiger partial charge >= 0.3 is 0 Å². The molecule has 17 heavy (non-hydrogen) atoms. The van der Waals surface area contributed by atoms with Crippen molar-refractivity contribution in [1.29, 1.82) is 0 Å². The van der Waals surface area contributed by atoms with E-state index in [0.717, 1.165) is 10.9 Å². The number of fused-ring (bicyclic) bond motifs is 1. The first-order chi connectivity index (χ1) is 8.26. The number of benzene rings is 1. The molecule has 0 unspecified atom stereocenters. The number of ketones is 1. The van der Waals surface area contributed by atoms with E-state index in [1.807, 2.05) is 18.2 Å². The highest BCUT2D eigenvalue weighted by molar-refractivity contribution is 5.96. The molecule has 1 aromatic heterocycles. The van der Waals surface area contributed by atoms with E-state index in [9.17, 15) is 9.59 Å². The Kier molecular flexibility index (Phi) is 3.14. The van der Waals surface area contributed by atoms with Gasteiger partial charge in [0.25, 0.3) is 6.29 Å². The van der Waals surface area contributed by atoms with Gasteiger partial charge in [-0.25, -0.2) is 0 Å². The predicted octanol–water partition coefficient (Wildman–Crippen LogP) is 1.64. The third-order valence-corrected chi connectivity index (χ3v) is 2.41. The van der Waals surface area contributed by atoms with Gasteiger partial charge in [0, 0.05) is 5.39 Å². The van der Waals surface area contributed by atoms with Crippen LogP contribution in [0.5, 0.6) is 0 Å². The summed E-state index contributed by atoms with van der Waals surface area (Å²) in [5.74, 6) is -0.0572. The minimum atomic E-state index is -0.0572. The Morgan fingerprint density at radius 1 is 1.47 bits per heavy atom. The minimum absolute atomic E-state index is 0.0572. The van der Waals surface area contributed by atoms with Gasteiger partial charge < -0.3 is 0 Å². The lowest BCUT2D eigenvalue weighted by Gasteiger charge is -1.99. The fraction of sp³-hybridized carbons (Fsp3) is 0.154. The summed E-state index contributed by atoms with van der Waals surface area (Å²) in [5, 5.41) is 4.79. The Bertz CT molecular complexity index is 596. The van der Waals surface area contributed by atoms with Crippen molar-refractivity contribution in [3.8, 4) is 0 Å². The number of carbonyl (C=O) groups excluding carboxylic acids is 2. The highest BCUT2D eigenvalue weighted by Crippen LogP contribution is 2.16. The first-order valence-corrected chi connectivity index (χ1v) is 5.25. The fourth-order valence-corrected chi connectivity index (χ4v) is 1.71. The zero-order valence-corrected chi connectivity index (χ0v) is 9.38. The molecule has 1 heterocycles. The number of carbonyl (C=O) groups is 1. The molecule has 0 bridgehead atoms. The van der Waals surface area contributed by atoms with Gasteiger partial charge in [-0.2, -0.15) is 5.10 Å². The molecule has 4 nitrogen and oxygen atoms in total. The van der Waals surface area contributed by atoms with Gasteiger partial charge in [-0.15, -0.1) is 0 Å². The van der Waals surface area contributed by atoms with Crippen molar-refractivity contribution < 1.29 is 9.59 Å². The van der Waals surface area contributed by atoms with Crippen molar-refractivity contribution >= 4 is 23.0 Å². The normalized spacial score (nSPS) is 11.1. The topological polar surface area (TPSA) is 52.0 Å². The van der Waals surface area contributed by atoms with Gasteiger partial charge in [0.2, 0.25) is 0 Å². The molecule has 0 N–H and O–H groups in total. The lowest BCUT2D eigenvalue weighted by molar-refractivity contribution is -0.115. The largest absolute Gasteiger partial charge is 0.293 e. The maximum atomic E-state index is 11.5. The molecule has 0 aliphatic heterocycles. The van der Waals surface area contributed by atoms with E-state index < -0.39 is 0 Å². The van der Waals surface area contributed by atoms with E-state index in [4.69, 9.17) is 0 Å². The van der Waals surface area contributed by atoms with Crippen molar-refractivity contribution in [2.75, 3.05) is 0 Å². The highest BCUT2D eigenvalue weighted by atomic mass is 16.1. The maximum Gasteiger partial charge on any atom is 0.256 e. The summed E-state index contributed by atoms with van der Waals surface area (Å²) in [4.78, 5) is 22.3. The molecule has 0 saturated carbocycles. The number of rotatable bonds is 4. The van der Waals surface area contributed by atoms with Crippen LogP contribution in [-0.2, 0) is 16.1 Å². The van der Waals surface area contributed by atoms with E-state index in [2.05, 4.69) is 5.10 Å². The molecule has 0 aliphatic carbocycles. The summed E-state index contributed by atoms with van der Waals surface area (Å²) in [5.41, 5.74) is 1.01. The number of para-hydroxylation sites is 1. The molecule has 0 aliphatic rings. The summed E-state index contributed by atoms with van der Waals surface area (Å²) in [7, 11) is 0. The van der Waals surface area contributed by atoms with Gasteiger partial charge in [-0.3, -0.25) is 14.3 Å². The minimum Gasteiger partial charge on any atom is -0.293 e. The monoisotopic (exact) mass is 227 g/mol. The lowest BCUT2D eigenvalue weighted by atomic mass is 10.2. The molecule has 0 atom stereocenters. The molecule has 0 spiro atoms. The summed E-state index contributed by atoms with van der Waals surface area (Å²) in [6, 6.07) is 7.28. The van der Waals surface area contributed by atoms with E-state index in [-0.39, 0.29) is 18.0 Å². The van der Waals surface area contributed by atoms with Crippen LogP contribution in [0.3, 0.4) is 0 Å². The third kappa shape index (κ3) is 2.15. The van der Waals surface area contributed by atoms with E-state index in [0.29, 0.717) is 0 Å². The highest BCUT2D eigenvalue weighted by Gasteiger charge is 2.11. The smallest absolute Gasteiger partial charge is 0.256 e. The zero-order chi connectivity index (χ0) is 12.3. The second-order valence-corrected chi connectivity index (χ2v) is 3.59. The molecule has 0 fully saturated rings. The second kappa shape index (κ2) is 4.74. The molecule has 2 aromatic rings. The molecule has 4 heteroatoms. The van der Waals surface area contributed by atoms with Crippen LogP contribution in [-0.4, -0.2) is 21.8 Å². The van der Waals surface area contributed by atoms with Crippen LogP contribution in [0.25, 0.3) is 10.9 Å². The van der Waals surface area contributed by atoms with Crippen molar-refractivity contribution in [2.45, 2.75) is 13.5 Å². The van der Waals surface area contributed by atoms with Crippen LogP contribution < -0.4 is 0 Å². The third-order valence-electron chi connectivity index (χ3n) is 2.41. The van der Waals surface area contributed by atoms with Crippen molar-refractivity contribution in [3.63, 3.8) is 0 Å². The SMILES string of the molecule is C/C=C/C(=O)Cn1nc([C]=O)c2ccccc21. The number of hydrogen-bond donors (Lipinski definition) is 0. The lowest BCUT2D eigenvalue weighted by Crippen LogP contribution is -2.09. The summed E-state index contributed by atoms with van der Waals surface area (Å²) in [6.45, 7) is 1.91. The van der Waals surface area contributed by atoms with Crippen LogP contribution in [0, 0.1) is 0 Å². The van der Waals surface area contributed by atoms with Crippen LogP contribution in [0.4, 0.5) is 0 Å². The first-order valence-electron chi connectivity index (χ1n) is 5.25. The molecular weight excluding hydrogens is 216 g/mol. The van der Waals surface area contributed by atoms with Gasteiger partial charge in [0.05, 0.1) is 5.52 Å². The molecule has 0 saturated heterocycles. The predicted molar refractivity (Wildman–Crippen MR) is 64.3 cm³/mol. The van der Waals surface area contributed by atoms with Crippen molar-refractivity contribution in [1.82, 2.24) is 9.78 Å². The summed E-state index contributed by atoms with van der Waals surface area (Å²) >= 11 is 0. The quantitative estimate of drug-likeness (QED) is 0.746. The van der Waals surface area contributed by atoms with Gasteiger partial charge in [-0.05, 0) is 19.1 Å². The molecule has 2 rings (SSSR count). The van der Waals surface area contributed by atoms with Crippen molar-refractivity contribution in [2.24, 2.45) is 0 Å². The van der Waals surface area contributed by atoms with E-state index in [1.165, 1.54) is 10.8 Å². The Labute approximate surface area is 98.5 Å². The molecule has 1 aromatic carbocycles. The maximum absolute atomic E-state index is 11.5. The number of hydrogen-bond acceptors (Lipinski definition) is 3. The van der Waals surface area contributed by atoms with Gasteiger partial charge in [-0.1, -0.05) is 24.3 Å². The standard InChI is InChI=1S/C13H11N2O2/c1-2-5-10(17)8-15-13-7-4-3-6-11(13)12(9-16)14-15/h2-7H,8H2,1H3/b5-2+. The number of aromatic nitrogens is 2. The second-order valence-electron chi connectivity index (χ2n) is 3.59. The first kappa shape index (κ1) is 11.3. The van der Waals surface area contributed by atoms with Gasteiger partial charge in [0.15, 0.2) is 5.78 Å². The van der Waals surface area contributed by atoms with E-state index in [1.54, 1.807) is 25.4 Å². The Morgan fingerprint density at radius 2 is 2.24 bits per heavy atom. The van der Waals surface area contributed by atoms with Crippen molar-refractivity contribution in [3.05, 3.63) is 42.1 Å². The van der Waals surface area contributed by atoms with Crippen LogP contribution in [0.1, 0.15) is 12.6 Å². The molecular formula is C13H11N2O2. The summed E-state index contributed by atoms with van der Waals surface area (Å²) in [6.07, 6.45) is 4.95.